The lowest BCUT2D eigenvalue weighted by molar-refractivity contribution is 0.399. The van der Waals surface area contributed by atoms with Crippen molar-refractivity contribution in [2.75, 3.05) is 56.9 Å². The summed E-state index contributed by atoms with van der Waals surface area (Å²) in [5, 5.41) is 56.0. The summed E-state index contributed by atoms with van der Waals surface area (Å²) in [6, 6.07) is 0. The maximum atomic E-state index is 7.00. The molecule has 1 aliphatic rings. The first-order valence-electron chi connectivity index (χ1n) is 19.6. The van der Waals surface area contributed by atoms with Gasteiger partial charge in [-0.05, 0) is 0 Å². The quantitative estimate of drug-likeness (QED) is 0.124. The van der Waals surface area contributed by atoms with Crippen molar-refractivity contribution in [2.45, 2.75) is 205 Å². The molecule has 304 valence electrons. The van der Waals surface area contributed by atoms with Gasteiger partial charge in [0.15, 0.2) is 0 Å². The molecule has 1 saturated carbocycles. The normalized spacial score (nSPS) is 17.0. The van der Waals surface area contributed by atoms with Crippen LogP contribution in [-0.2, 0) is 0 Å². The topological polar surface area (TPSA) is 162 Å². The Morgan fingerprint density at radius 2 is 0.125 bits per heavy atom. The highest BCUT2D eigenvalue weighted by atomic mass is 16.2. The van der Waals surface area contributed by atoms with Crippen LogP contribution in [0.2, 0.25) is 0 Å². The van der Waals surface area contributed by atoms with E-state index in [1.54, 1.807) is 0 Å². The molecule has 0 atom stereocenters. The molecule has 0 aromatic carbocycles. The zero-order valence-electron chi connectivity index (χ0n) is 34.2. The highest BCUT2D eigenvalue weighted by molar-refractivity contribution is 4.53. The lowest BCUT2D eigenvalue weighted by atomic mass is 10.0. The first-order valence-corrected chi connectivity index (χ1v) is 19.6. The summed E-state index contributed by atoms with van der Waals surface area (Å²) in [7, 11) is 8.00. The van der Waals surface area contributed by atoms with E-state index in [1.807, 2.05) is 0 Å². The van der Waals surface area contributed by atoms with Gasteiger partial charge in [-0.2, -0.15) is 0 Å². The minimum atomic E-state index is 1.00. The largest absolute Gasteiger partial charge is 0.400 e. The molecule has 1 aliphatic carbocycles. The Kier molecular flexibility index (Phi) is 133. The zero-order valence-corrected chi connectivity index (χ0v) is 34.2. The SMILES string of the molecule is C1CCCCCCCCCCCCCCCCCCCCCCCCCCCCCCC1.CO.CO.CO.CO.CO.CO.CO.CO. The second-order valence-electron chi connectivity index (χ2n) is 11.3. The Hall–Kier alpha value is -0.320. The number of aliphatic hydroxyl groups excluding tert-OH is 8. The summed E-state index contributed by atoms with van der Waals surface area (Å²) >= 11 is 0. The number of hydrogen-bond donors (Lipinski definition) is 8. The second kappa shape index (κ2) is 97.1. The predicted octanol–water partition coefficient (Wildman–Crippen LogP) is 9.35. The molecule has 1 fully saturated rings. The van der Waals surface area contributed by atoms with Crippen LogP contribution in [-0.4, -0.2) is 97.7 Å². The predicted molar refractivity (Wildman–Crippen MR) is 213 cm³/mol. The molecule has 0 aromatic rings. The van der Waals surface area contributed by atoms with Crippen LogP contribution in [0.15, 0.2) is 0 Å². The number of rotatable bonds is 0. The average molecular weight is 705 g/mol. The minimum Gasteiger partial charge on any atom is -0.400 e. The van der Waals surface area contributed by atoms with Crippen LogP contribution in [0.3, 0.4) is 0 Å². The van der Waals surface area contributed by atoms with Crippen LogP contribution >= 0.6 is 0 Å². The molecule has 0 spiro atoms. The van der Waals surface area contributed by atoms with E-state index in [4.69, 9.17) is 40.9 Å². The van der Waals surface area contributed by atoms with Crippen LogP contribution in [0.25, 0.3) is 0 Å². The van der Waals surface area contributed by atoms with Crippen molar-refractivity contribution in [2.24, 2.45) is 0 Å². The summed E-state index contributed by atoms with van der Waals surface area (Å²) in [6.07, 6.45) is 48.0. The van der Waals surface area contributed by atoms with E-state index in [1.165, 1.54) is 205 Å². The van der Waals surface area contributed by atoms with E-state index in [9.17, 15) is 0 Å². The first kappa shape index (κ1) is 66.0. The van der Waals surface area contributed by atoms with Gasteiger partial charge < -0.3 is 40.9 Å². The highest BCUT2D eigenvalue weighted by Gasteiger charge is 1.98. The maximum absolute atomic E-state index is 7.00. The van der Waals surface area contributed by atoms with E-state index in [2.05, 4.69) is 0 Å². The van der Waals surface area contributed by atoms with Gasteiger partial charge in [-0.25, -0.2) is 0 Å². The van der Waals surface area contributed by atoms with Gasteiger partial charge in [-0.3, -0.25) is 0 Å². The molecule has 0 saturated heterocycles. The van der Waals surface area contributed by atoms with E-state index < -0.39 is 0 Å². The molecule has 0 aliphatic heterocycles. The Bertz CT molecular complexity index is 191. The smallest absolute Gasteiger partial charge is 0.0319 e. The van der Waals surface area contributed by atoms with Crippen LogP contribution in [0.1, 0.15) is 205 Å². The fourth-order valence-corrected chi connectivity index (χ4v) is 5.66. The zero-order chi connectivity index (χ0) is 38.6. The van der Waals surface area contributed by atoms with Crippen molar-refractivity contribution in [3.63, 3.8) is 0 Å². The Morgan fingerprint density at radius 1 is 0.104 bits per heavy atom. The summed E-state index contributed by atoms with van der Waals surface area (Å²) in [5.41, 5.74) is 0. The molecular formula is C40H96O8. The molecule has 8 N–H and O–H groups in total. The second-order valence-corrected chi connectivity index (χ2v) is 11.3. The summed E-state index contributed by atoms with van der Waals surface area (Å²) in [4.78, 5) is 0. The molecule has 0 amide bonds. The molecular weight excluding hydrogens is 608 g/mol. The average Bonchev–Trinajstić information content (AvgIpc) is 3.19. The summed E-state index contributed by atoms with van der Waals surface area (Å²) < 4.78 is 0. The van der Waals surface area contributed by atoms with E-state index in [-0.39, 0.29) is 0 Å². The van der Waals surface area contributed by atoms with Gasteiger partial charge in [0.25, 0.3) is 0 Å². The molecule has 0 radical (unpaired) electrons. The van der Waals surface area contributed by atoms with Gasteiger partial charge in [0, 0.05) is 56.9 Å². The van der Waals surface area contributed by atoms with E-state index in [0.29, 0.717) is 0 Å². The summed E-state index contributed by atoms with van der Waals surface area (Å²) in [5.74, 6) is 0. The molecule has 1 rings (SSSR count). The fourth-order valence-electron chi connectivity index (χ4n) is 5.66. The Labute approximate surface area is 302 Å². The van der Waals surface area contributed by atoms with Gasteiger partial charge in [0.2, 0.25) is 0 Å². The van der Waals surface area contributed by atoms with E-state index >= 15 is 0 Å². The standard InChI is InChI=1S/C32H64.8CH4O/c1-2-4-6-8-10-12-14-16-18-20-22-24-26-28-30-32-31-29-27-25-23-21-19-17-15-13-11-9-7-5-3-1;8*1-2/h1-32H2;8*2H,1H3. The third kappa shape index (κ3) is 90.9. The minimum absolute atomic E-state index is 1.00. The van der Waals surface area contributed by atoms with Crippen LogP contribution in [0.4, 0.5) is 0 Å². The third-order valence-corrected chi connectivity index (χ3v) is 8.00. The van der Waals surface area contributed by atoms with Crippen molar-refractivity contribution in [1.82, 2.24) is 0 Å². The molecule has 0 unspecified atom stereocenters. The van der Waals surface area contributed by atoms with Gasteiger partial charge >= 0.3 is 0 Å². The molecule has 8 heteroatoms. The van der Waals surface area contributed by atoms with Gasteiger partial charge in [0.05, 0.1) is 0 Å². The molecule has 48 heavy (non-hydrogen) atoms. The molecule has 0 aromatic heterocycles. The van der Waals surface area contributed by atoms with Crippen LogP contribution in [0, 0.1) is 0 Å². The molecule has 8 nitrogen and oxygen atoms in total. The Balaban J connectivity index is -0.000000145. The first-order chi connectivity index (χ1) is 24.0. The number of hydrogen-bond acceptors (Lipinski definition) is 8. The lowest BCUT2D eigenvalue weighted by Gasteiger charge is -2.05. The van der Waals surface area contributed by atoms with Crippen molar-refractivity contribution < 1.29 is 40.9 Å². The monoisotopic (exact) mass is 705 g/mol. The van der Waals surface area contributed by atoms with Gasteiger partial charge in [-0.15, -0.1) is 0 Å². The van der Waals surface area contributed by atoms with E-state index in [0.717, 1.165) is 56.9 Å². The van der Waals surface area contributed by atoms with Gasteiger partial charge in [0.1, 0.15) is 0 Å². The van der Waals surface area contributed by atoms with Crippen molar-refractivity contribution in [1.29, 1.82) is 0 Å². The van der Waals surface area contributed by atoms with Crippen molar-refractivity contribution in [3.05, 3.63) is 0 Å². The molecule has 0 bridgehead atoms. The highest BCUT2D eigenvalue weighted by Crippen LogP contribution is 2.17. The third-order valence-electron chi connectivity index (χ3n) is 8.00. The lowest BCUT2D eigenvalue weighted by Crippen LogP contribution is -1.85. The van der Waals surface area contributed by atoms with Gasteiger partial charge in [-0.1, -0.05) is 205 Å². The maximum Gasteiger partial charge on any atom is 0.0319 e. The molecule has 0 heterocycles. The van der Waals surface area contributed by atoms with Crippen LogP contribution < -0.4 is 0 Å². The van der Waals surface area contributed by atoms with Crippen LogP contribution in [0.5, 0.6) is 0 Å². The number of aliphatic hydroxyl groups is 8. The summed E-state index contributed by atoms with van der Waals surface area (Å²) in [6.45, 7) is 0. The fraction of sp³-hybridized carbons (Fsp3) is 1.00. The van der Waals surface area contributed by atoms with Crippen molar-refractivity contribution >= 4 is 0 Å². The van der Waals surface area contributed by atoms with Crippen molar-refractivity contribution in [3.8, 4) is 0 Å². The Morgan fingerprint density at radius 3 is 0.146 bits per heavy atom.